The van der Waals surface area contributed by atoms with E-state index in [2.05, 4.69) is 15.3 Å². The van der Waals surface area contributed by atoms with Crippen LogP contribution in [0.5, 0.6) is 0 Å². The molecular weight excluding hydrogens is 500 g/mol. The molecule has 0 aliphatic carbocycles. The molecule has 0 atom stereocenters. The minimum atomic E-state index is -1.64. The zero-order valence-electron chi connectivity index (χ0n) is 21.0. The van der Waals surface area contributed by atoms with Crippen LogP contribution in [0.2, 0.25) is 0 Å². The van der Waals surface area contributed by atoms with E-state index < -0.39 is 17.2 Å². The Balaban J connectivity index is 1.11. The summed E-state index contributed by atoms with van der Waals surface area (Å²) in [6, 6.07) is 20.6. The van der Waals surface area contributed by atoms with Gasteiger partial charge in [0.05, 0.1) is 29.4 Å². The Morgan fingerprint density at radius 2 is 1.64 bits per heavy atom. The van der Waals surface area contributed by atoms with Gasteiger partial charge >= 0.3 is 0 Å². The van der Waals surface area contributed by atoms with Gasteiger partial charge in [-0.05, 0) is 54.8 Å². The molecule has 3 heterocycles. The Hall–Kier alpha value is -4.50. The maximum atomic E-state index is 14.3. The van der Waals surface area contributed by atoms with Crippen molar-refractivity contribution in [1.82, 2.24) is 24.9 Å². The van der Waals surface area contributed by atoms with Crippen LogP contribution < -0.4 is 0 Å². The maximum Gasteiger partial charge on any atom is 0.253 e. The quantitative estimate of drug-likeness (QED) is 0.351. The smallest absolute Gasteiger partial charge is 0.253 e. The van der Waals surface area contributed by atoms with Crippen molar-refractivity contribution in [2.45, 2.75) is 25.0 Å². The fourth-order valence-electron chi connectivity index (χ4n) is 5.22. The Labute approximate surface area is 223 Å². The number of benzene rings is 3. The number of nitrogens with zero attached hydrogens (tertiary/aromatic N) is 5. The first kappa shape index (κ1) is 24.8. The van der Waals surface area contributed by atoms with Crippen LogP contribution in [-0.2, 0) is 12.1 Å². The van der Waals surface area contributed by atoms with Crippen LogP contribution in [-0.4, -0.2) is 49.0 Å². The van der Waals surface area contributed by atoms with Gasteiger partial charge in [0.2, 0.25) is 0 Å². The molecule has 0 spiro atoms. The summed E-state index contributed by atoms with van der Waals surface area (Å²) in [7, 11) is 0. The van der Waals surface area contributed by atoms with Gasteiger partial charge in [-0.15, -0.1) is 5.10 Å². The van der Waals surface area contributed by atoms with Crippen LogP contribution in [0, 0.1) is 11.6 Å². The zero-order valence-corrected chi connectivity index (χ0v) is 21.0. The van der Waals surface area contributed by atoms with Crippen molar-refractivity contribution < 1.29 is 18.7 Å². The first-order valence-electron chi connectivity index (χ1n) is 12.7. The van der Waals surface area contributed by atoms with Crippen molar-refractivity contribution in [3.8, 4) is 11.3 Å². The van der Waals surface area contributed by atoms with Crippen LogP contribution in [0.4, 0.5) is 8.78 Å². The summed E-state index contributed by atoms with van der Waals surface area (Å²) < 4.78 is 30.2. The van der Waals surface area contributed by atoms with E-state index in [0.29, 0.717) is 12.1 Å². The molecule has 39 heavy (non-hydrogen) atoms. The minimum Gasteiger partial charge on any atom is -0.385 e. The molecule has 5 aromatic rings. The van der Waals surface area contributed by atoms with Gasteiger partial charge in [-0.25, -0.2) is 13.5 Å². The molecule has 2 aromatic heterocycles. The van der Waals surface area contributed by atoms with E-state index in [4.69, 9.17) is 0 Å². The number of pyridine rings is 1. The molecule has 1 fully saturated rings. The summed E-state index contributed by atoms with van der Waals surface area (Å²) in [6.07, 6.45) is 3.75. The summed E-state index contributed by atoms with van der Waals surface area (Å²) >= 11 is 0. The molecule has 1 aliphatic heterocycles. The topological polar surface area (TPSA) is 84.1 Å². The Bertz CT molecular complexity index is 1630. The molecule has 9 heteroatoms. The molecule has 7 nitrogen and oxygen atoms in total. The SMILES string of the molecule is O=C(c1ccc(Cn2cc(-c3cccc4ncccc34)nn2)cc1)N1CCC(O)(c2c(F)cccc2F)CC1. The van der Waals surface area contributed by atoms with Gasteiger partial charge in [0, 0.05) is 35.8 Å². The van der Waals surface area contributed by atoms with Gasteiger partial charge in [-0.2, -0.15) is 0 Å². The van der Waals surface area contributed by atoms with E-state index in [1.807, 2.05) is 48.7 Å². The number of aliphatic hydroxyl groups is 1. The van der Waals surface area contributed by atoms with E-state index in [1.165, 1.54) is 6.07 Å². The average Bonchev–Trinajstić information content (AvgIpc) is 3.41. The zero-order chi connectivity index (χ0) is 27.0. The van der Waals surface area contributed by atoms with Crippen LogP contribution in [0.1, 0.15) is 34.3 Å². The highest BCUT2D eigenvalue weighted by Crippen LogP contribution is 2.36. The molecule has 1 amide bonds. The summed E-state index contributed by atoms with van der Waals surface area (Å²) in [6.45, 7) is 0.863. The number of halogens is 2. The molecule has 0 bridgehead atoms. The molecular formula is C30H25F2N5O2. The molecule has 196 valence electrons. The number of rotatable bonds is 5. The van der Waals surface area contributed by atoms with Crippen LogP contribution in [0.15, 0.2) is 85.2 Å². The largest absolute Gasteiger partial charge is 0.385 e. The predicted octanol–water partition coefficient (Wildman–Crippen LogP) is 4.94. The van der Waals surface area contributed by atoms with Crippen molar-refractivity contribution in [2.24, 2.45) is 0 Å². The second-order valence-corrected chi connectivity index (χ2v) is 9.79. The molecule has 0 unspecified atom stereocenters. The average molecular weight is 526 g/mol. The maximum absolute atomic E-state index is 14.3. The molecule has 6 rings (SSSR count). The lowest BCUT2D eigenvalue weighted by Gasteiger charge is -2.38. The van der Waals surface area contributed by atoms with Crippen molar-refractivity contribution in [1.29, 1.82) is 0 Å². The first-order valence-corrected chi connectivity index (χ1v) is 12.7. The van der Waals surface area contributed by atoms with Crippen molar-refractivity contribution in [3.05, 3.63) is 114 Å². The lowest BCUT2D eigenvalue weighted by Crippen LogP contribution is -2.46. The Kier molecular flexibility index (Phi) is 6.36. The normalized spacial score (nSPS) is 15.0. The predicted molar refractivity (Wildman–Crippen MR) is 142 cm³/mol. The van der Waals surface area contributed by atoms with Gasteiger partial charge in [-0.3, -0.25) is 9.78 Å². The van der Waals surface area contributed by atoms with Crippen LogP contribution in [0.25, 0.3) is 22.2 Å². The highest BCUT2D eigenvalue weighted by molar-refractivity contribution is 5.94. The highest BCUT2D eigenvalue weighted by Gasteiger charge is 2.39. The third-order valence-electron chi connectivity index (χ3n) is 7.31. The second-order valence-electron chi connectivity index (χ2n) is 9.79. The number of hydrogen-bond donors (Lipinski definition) is 1. The fraction of sp³-hybridized carbons (Fsp3) is 0.200. The first-order chi connectivity index (χ1) is 18.9. The molecule has 1 aliphatic rings. The monoisotopic (exact) mass is 525 g/mol. The third-order valence-corrected chi connectivity index (χ3v) is 7.31. The van der Waals surface area contributed by atoms with Crippen LogP contribution in [0.3, 0.4) is 0 Å². The molecule has 3 aromatic carbocycles. The van der Waals surface area contributed by atoms with Gasteiger partial charge < -0.3 is 10.0 Å². The van der Waals surface area contributed by atoms with E-state index in [0.717, 1.165) is 39.9 Å². The standard InChI is InChI=1S/C30H25F2N5O2/c31-24-6-2-7-25(32)28(24)30(39)13-16-36(17-14-30)29(38)21-11-9-20(10-12-21)18-37-19-27(34-35-37)23-4-1-8-26-22(23)5-3-15-33-26/h1-12,15,19,39H,13-14,16-18H2. The van der Waals surface area contributed by atoms with Gasteiger partial charge in [0.1, 0.15) is 17.3 Å². The number of carbonyl (C=O) groups excluding carboxylic acids is 1. The van der Waals surface area contributed by atoms with E-state index >= 15 is 0 Å². The number of fused-ring (bicyclic) bond motifs is 1. The number of piperidine rings is 1. The van der Waals surface area contributed by atoms with Crippen molar-refractivity contribution >= 4 is 16.8 Å². The second kappa shape index (κ2) is 9.99. The number of amides is 1. The number of likely N-dealkylation sites (tertiary alicyclic amines) is 1. The fourth-order valence-corrected chi connectivity index (χ4v) is 5.22. The van der Waals surface area contributed by atoms with E-state index in [-0.39, 0.29) is 37.4 Å². The number of hydrogen-bond acceptors (Lipinski definition) is 5. The minimum absolute atomic E-state index is 0.0517. The van der Waals surface area contributed by atoms with Gasteiger partial charge in [-0.1, -0.05) is 41.6 Å². The third kappa shape index (κ3) is 4.77. The lowest BCUT2D eigenvalue weighted by molar-refractivity contribution is -0.0262. The molecule has 1 N–H and O–H groups in total. The summed E-state index contributed by atoms with van der Waals surface area (Å²) in [5.41, 5.74) is 2.08. The summed E-state index contributed by atoms with van der Waals surface area (Å²) in [4.78, 5) is 19.1. The molecule has 1 saturated heterocycles. The van der Waals surface area contributed by atoms with E-state index in [1.54, 1.807) is 27.9 Å². The van der Waals surface area contributed by atoms with Gasteiger partial charge in [0.15, 0.2) is 0 Å². The van der Waals surface area contributed by atoms with Gasteiger partial charge in [0.25, 0.3) is 5.91 Å². The lowest BCUT2D eigenvalue weighted by atomic mass is 9.83. The molecule has 0 radical (unpaired) electrons. The van der Waals surface area contributed by atoms with Crippen LogP contribution >= 0.6 is 0 Å². The van der Waals surface area contributed by atoms with Crippen molar-refractivity contribution in [2.75, 3.05) is 13.1 Å². The van der Waals surface area contributed by atoms with Crippen molar-refractivity contribution in [3.63, 3.8) is 0 Å². The number of carbonyl (C=O) groups is 1. The highest BCUT2D eigenvalue weighted by atomic mass is 19.1. The van der Waals surface area contributed by atoms with E-state index in [9.17, 15) is 18.7 Å². The Morgan fingerprint density at radius 1 is 0.923 bits per heavy atom. The summed E-state index contributed by atoms with van der Waals surface area (Å²) in [5.74, 6) is -1.74. The summed E-state index contributed by atoms with van der Waals surface area (Å²) in [5, 5.41) is 20.6. The molecule has 0 saturated carbocycles. The number of aromatic nitrogens is 4. The Morgan fingerprint density at radius 3 is 2.38 bits per heavy atom.